The molecule has 0 atom stereocenters. The van der Waals surface area contributed by atoms with Crippen molar-refractivity contribution in [3.8, 4) is 0 Å². The molecule has 0 spiro atoms. The van der Waals surface area contributed by atoms with E-state index in [0.29, 0.717) is 19.5 Å². The van der Waals surface area contributed by atoms with E-state index in [2.05, 4.69) is 9.97 Å². The minimum absolute atomic E-state index is 0.353. The fourth-order valence-corrected chi connectivity index (χ4v) is 2.81. The number of pyridine rings is 1. The second-order valence-electron chi connectivity index (χ2n) is 5.40. The average Bonchev–Trinajstić information content (AvgIpc) is 2.99. The van der Waals surface area contributed by atoms with E-state index in [1.165, 1.54) is 0 Å². The summed E-state index contributed by atoms with van der Waals surface area (Å²) in [6, 6.07) is 3.66. The predicted molar refractivity (Wildman–Crippen MR) is 86.2 cm³/mol. The summed E-state index contributed by atoms with van der Waals surface area (Å²) in [5.41, 5.74) is 0.872. The van der Waals surface area contributed by atoms with Crippen molar-refractivity contribution < 1.29 is 13.2 Å². The lowest BCUT2D eigenvalue weighted by Gasteiger charge is -2.22. The van der Waals surface area contributed by atoms with E-state index >= 15 is 0 Å². The van der Waals surface area contributed by atoms with Gasteiger partial charge in [-0.05, 0) is 18.1 Å². The van der Waals surface area contributed by atoms with Crippen LogP contribution < -0.4 is 0 Å². The molecule has 0 saturated carbocycles. The summed E-state index contributed by atoms with van der Waals surface area (Å²) in [7, 11) is -3.35. The molecule has 8 heteroatoms. The Bertz CT molecular complexity index is 714. The zero-order valence-corrected chi connectivity index (χ0v) is 13.8. The number of aromatic nitrogens is 3. The molecule has 124 valence electrons. The third-order valence-electron chi connectivity index (χ3n) is 3.24. The lowest BCUT2D eigenvalue weighted by atomic mass is 10.2. The third kappa shape index (κ3) is 6.19. The summed E-state index contributed by atoms with van der Waals surface area (Å²) in [5, 5.41) is 0. The molecule has 0 saturated heterocycles. The SMILES string of the molecule is CS(=O)(=O)CC(=O)N(CCCn1ccnc1)Cc1cccnc1. The van der Waals surface area contributed by atoms with Crippen molar-refractivity contribution in [2.24, 2.45) is 0 Å². The van der Waals surface area contributed by atoms with Crippen LogP contribution in [0.5, 0.6) is 0 Å². The highest BCUT2D eigenvalue weighted by Crippen LogP contribution is 2.06. The Hall–Kier alpha value is -2.22. The molecule has 23 heavy (non-hydrogen) atoms. The second kappa shape index (κ2) is 7.87. The Balaban J connectivity index is 1.99. The predicted octanol–water partition coefficient (Wildman–Crippen LogP) is 0.742. The fraction of sp³-hybridized carbons (Fsp3) is 0.400. The molecular weight excluding hydrogens is 316 g/mol. The van der Waals surface area contributed by atoms with Crippen molar-refractivity contribution in [1.82, 2.24) is 19.4 Å². The second-order valence-corrected chi connectivity index (χ2v) is 7.54. The van der Waals surface area contributed by atoms with E-state index in [9.17, 15) is 13.2 Å². The van der Waals surface area contributed by atoms with Gasteiger partial charge in [0, 0.05) is 50.7 Å². The van der Waals surface area contributed by atoms with Crippen LogP contribution in [0.25, 0.3) is 0 Å². The minimum Gasteiger partial charge on any atom is -0.337 e. The quantitative estimate of drug-likeness (QED) is 0.710. The third-order valence-corrected chi connectivity index (χ3v) is 4.01. The largest absolute Gasteiger partial charge is 0.337 e. The van der Waals surface area contributed by atoms with Gasteiger partial charge in [-0.15, -0.1) is 0 Å². The van der Waals surface area contributed by atoms with Crippen molar-refractivity contribution in [3.63, 3.8) is 0 Å². The summed E-state index contributed by atoms with van der Waals surface area (Å²) in [6.45, 7) is 1.54. The Labute approximate surface area is 135 Å². The molecule has 0 N–H and O–H groups in total. The molecule has 7 nitrogen and oxygen atoms in total. The van der Waals surface area contributed by atoms with Crippen LogP contribution in [0.2, 0.25) is 0 Å². The Kier molecular flexibility index (Phi) is 5.86. The van der Waals surface area contributed by atoms with Crippen LogP contribution in [-0.4, -0.2) is 52.3 Å². The Morgan fingerprint density at radius 1 is 1.30 bits per heavy atom. The topological polar surface area (TPSA) is 85.2 Å². The number of hydrogen-bond donors (Lipinski definition) is 0. The van der Waals surface area contributed by atoms with Crippen LogP contribution in [0.3, 0.4) is 0 Å². The number of imidazole rings is 1. The first-order chi connectivity index (χ1) is 10.9. The maximum absolute atomic E-state index is 12.3. The van der Waals surface area contributed by atoms with Crippen LogP contribution in [-0.2, 0) is 27.7 Å². The number of nitrogens with zero attached hydrogens (tertiary/aromatic N) is 4. The Morgan fingerprint density at radius 2 is 2.13 bits per heavy atom. The highest BCUT2D eigenvalue weighted by Gasteiger charge is 2.18. The normalized spacial score (nSPS) is 11.3. The first-order valence-corrected chi connectivity index (χ1v) is 9.30. The molecular formula is C15H20N4O3S. The minimum atomic E-state index is -3.35. The van der Waals surface area contributed by atoms with Gasteiger partial charge in [0.1, 0.15) is 5.75 Å². The number of hydrogen-bond acceptors (Lipinski definition) is 5. The lowest BCUT2D eigenvalue weighted by Crippen LogP contribution is -2.36. The van der Waals surface area contributed by atoms with Crippen molar-refractivity contribution in [3.05, 3.63) is 48.8 Å². The monoisotopic (exact) mass is 336 g/mol. The van der Waals surface area contributed by atoms with Crippen LogP contribution in [0.1, 0.15) is 12.0 Å². The van der Waals surface area contributed by atoms with Crippen LogP contribution in [0.4, 0.5) is 0 Å². The average molecular weight is 336 g/mol. The summed E-state index contributed by atoms with van der Waals surface area (Å²) in [4.78, 5) is 21.8. The summed E-state index contributed by atoms with van der Waals surface area (Å²) in [6.07, 6.45) is 10.4. The number of carbonyl (C=O) groups excluding carboxylic acids is 1. The number of carbonyl (C=O) groups is 1. The van der Waals surface area contributed by atoms with Gasteiger partial charge in [0.05, 0.1) is 6.33 Å². The highest BCUT2D eigenvalue weighted by atomic mass is 32.2. The van der Waals surface area contributed by atoms with Gasteiger partial charge in [-0.2, -0.15) is 0 Å². The molecule has 0 aromatic carbocycles. The first-order valence-electron chi connectivity index (χ1n) is 7.24. The van der Waals surface area contributed by atoms with Crippen molar-refractivity contribution >= 4 is 15.7 Å². The molecule has 0 radical (unpaired) electrons. The smallest absolute Gasteiger partial charge is 0.238 e. The number of amides is 1. The van der Waals surface area contributed by atoms with Gasteiger partial charge in [-0.3, -0.25) is 9.78 Å². The first kappa shape index (κ1) is 17.1. The summed E-state index contributed by atoms with van der Waals surface area (Å²) in [5.74, 6) is -0.861. The van der Waals surface area contributed by atoms with Gasteiger partial charge in [0.25, 0.3) is 0 Å². The summed E-state index contributed by atoms with van der Waals surface area (Å²) < 4.78 is 24.7. The van der Waals surface area contributed by atoms with Gasteiger partial charge < -0.3 is 9.47 Å². The van der Waals surface area contributed by atoms with E-state index in [4.69, 9.17) is 0 Å². The molecule has 0 unspecified atom stereocenters. The molecule has 2 aromatic rings. The zero-order valence-electron chi connectivity index (χ0n) is 13.0. The van der Waals surface area contributed by atoms with E-state index in [-0.39, 0.29) is 5.91 Å². The number of aryl methyl sites for hydroxylation is 1. The molecule has 2 aromatic heterocycles. The molecule has 2 heterocycles. The van der Waals surface area contributed by atoms with Crippen LogP contribution >= 0.6 is 0 Å². The van der Waals surface area contributed by atoms with Gasteiger partial charge >= 0.3 is 0 Å². The van der Waals surface area contributed by atoms with Crippen LogP contribution in [0, 0.1) is 0 Å². The highest BCUT2D eigenvalue weighted by molar-refractivity contribution is 7.91. The van der Waals surface area contributed by atoms with E-state index in [1.807, 2.05) is 16.8 Å². The number of rotatable bonds is 8. The van der Waals surface area contributed by atoms with E-state index in [1.54, 1.807) is 35.9 Å². The van der Waals surface area contributed by atoms with E-state index in [0.717, 1.165) is 18.4 Å². The van der Waals surface area contributed by atoms with Gasteiger partial charge in [-0.25, -0.2) is 13.4 Å². The van der Waals surface area contributed by atoms with Gasteiger partial charge in [0.2, 0.25) is 5.91 Å². The van der Waals surface area contributed by atoms with E-state index < -0.39 is 15.6 Å². The molecule has 0 fully saturated rings. The van der Waals surface area contributed by atoms with Gasteiger partial charge in [0.15, 0.2) is 9.84 Å². The van der Waals surface area contributed by atoms with Crippen molar-refractivity contribution in [2.75, 3.05) is 18.6 Å². The maximum Gasteiger partial charge on any atom is 0.238 e. The summed E-state index contributed by atoms with van der Waals surface area (Å²) >= 11 is 0. The molecule has 1 amide bonds. The molecule has 0 aliphatic carbocycles. The standard InChI is InChI=1S/C15H20N4O3S/c1-23(21,22)12-15(20)19(11-14-4-2-5-16-10-14)8-3-7-18-9-6-17-13-18/h2,4-6,9-10,13H,3,7-8,11-12H2,1H3. The van der Waals surface area contributed by atoms with Crippen LogP contribution in [0.15, 0.2) is 43.2 Å². The Morgan fingerprint density at radius 3 is 2.74 bits per heavy atom. The zero-order chi connectivity index (χ0) is 16.7. The molecule has 0 bridgehead atoms. The number of sulfone groups is 1. The molecule has 0 aliphatic rings. The van der Waals surface area contributed by atoms with Crippen molar-refractivity contribution in [1.29, 1.82) is 0 Å². The molecule has 0 aliphatic heterocycles. The van der Waals surface area contributed by atoms with Crippen molar-refractivity contribution in [2.45, 2.75) is 19.5 Å². The molecule has 2 rings (SSSR count). The van der Waals surface area contributed by atoms with Gasteiger partial charge in [-0.1, -0.05) is 6.07 Å². The fourth-order valence-electron chi connectivity index (χ4n) is 2.18. The lowest BCUT2D eigenvalue weighted by molar-refractivity contribution is -0.129. The maximum atomic E-state index is 12.3.